The van der Waals surface area contributed by atoms with Crippen LogP contribution in [0.3, 0.4) is 0 Å². The van der Waals surface area contributed by atoms with E-state index in [0.29, 0.717) is 11.5 Å². The molecule has 0 spiro atoms. The molecule has 0 aliphatic heterocycles. The molecule has 0 saturated heterocycles. The molecule has 0 saturated carbocycles. The Kier molecular flexibility index (Phi) is 3.94. The van der Waals surface area contributed by atoms with Crippen LogP contribution in [0.25, 0.3) is 0 Å². The molecule has 2 rings (SSSR count). The van der Waals surface area contributed by atoms with Crippen molar-refractivity contribution in [3.63, 3.8) is 0 Å². The summed E-state index contributed by atoms with van der Waals surface area (Å²) in [5.41, 5.74) is 7.24. The number of nitrogens with two attached hydrogens (primary N) is 1. The third-order valence-electron chi connectivity index (χ3n) is 3.13. The number of aromatic nitrogens is 1. The molecular weight excluding hydrogens is 274 g/mol. The van der Waals surface area contributed by atoms with Crippen LogP contribution in [-0.4, -0.2) is 20.4 Å². The summed E-state index contributed by atoms with van der Waals surface area (Å²) in [6.07, 6.45) is 2.18. The fourth-order valence-electron chi connectivity index (χ4n) is 1.78. The number of pyridine rings is 1. The van der Waals surface area contributed by atoms with Crippen LogP contribution in [0.15, 0.2) is 47.5 Å². The Hall–Kier alpha value is -2.08. The Bertz CT molecular complexity index is 679. The van der Waals surface area contributed by atoms with Crippen LogP contribution < -0.4 is 10.0 Å². The lowest BCUT2D eigenvalue weighted by atomic mass is 10.1. The minimum Gasteiger partial charge on any atom is -0.384 e. The van der Waals surface area contributed by atoms with Gasteiger partial charge in [0.1, 0.15) is 10.7 Å². The predicted octanol–water partition coefficient (Wildman–Crippen LogP) is 2.05. The van der Waals surface area contributed by atoms with Gasteiger partial charge in [-0.1, -0.05) is 19.1 Å². The molecule has 0 radical (unpaired) electrons. The molecule has 106 valence electrons. The van der Waals surface area contributed by atoms with E-state index < -0.39 is 10.0 Å². The summed E-state index contributed by atoms with van der Waals surface area (Å²) in [6.45, 7) is 2.05. The van der Waals surface area contributed by atoms with E-state index in [2.05, 4.69) is 11.9 Å². The van der Waals surface area contributed by atoms with Gasteiger partial charge in [-0.15, -0.1) is 0 Å². The van der Waals surface area contributed by atoms with E-state index in [1.807, 2.05) is 12.1 Å². The van der Waals surface area contributed by atoms with Crippen molar-refractivity contribution in [2.24, 2.45) is 0 Å². The monoisotopic (exact) mass is 291 g/mol. The molecule has 0 fully saturated rings. The van der Waals surface area contributed by atoms with Gasteiger partial charge in [-0.05, 0) is 36.2 Å². The van der Waals surface area contributed by atoms with Gasteiger partial charge in [-0.2, -0.15) is 0 Å². The summed E-state index contributed by atoms with van der Waals surface area (Å²) in [4.78, 5) is 3.94. The molecule has 0 bridgehead atoms. The molecule has 1 aromatic heterocycles. The van der Waals surface area contributed by atoms with Crippen LogP contribution in [0.4, 0.5) is 11.5 Å². The molecule has 1 aromatic carbocycles. The summed E-state index contributed by atoms with van der Waals surface area (Å²) in [7, 11) is -2.09. The van der Waals surface area contributed by atoms with Crippen molar-refractivity contribution in [3.05, 3.63) is 48.2 Å². The maximum atomic E-state index is 12.4. The van der Waals surface area contributed by atoms with Crippen molar-refractivity contribution in [2.75, 3.05) is 17.1 Å². The van der Waals surface area contributed by atoms with Crippen molar-refractivity contribution in [3.8, 4) is 0 Å². The quantitative estimate of drug-likeness (QED) is 0.935. The van der Waals surface area contributed by atoms with Gasteiger partial charge in [-0.3, -0.25) is 4.31 Å². The third kappa shape index (κ3) is 2.75. The second-order valence-corrected chi connectivity index (χ2v) is 6.38. The van der Waals surface area contributed by atoms with E-state index >= 15 is 0 Å². The molecule has 0 atom stereocenters. The molecular formula is C14H17N3O2S. The maximum absolute atomic E-state index is 12.4. The second-order valence-electron chi connectivity index (χ2n) is 4.41. The Morgan fingerprint density at radius 3 is 2.30 bits per heavy atom. The lowest BCUT2D eigenvalue weighted by molar-refractivity contribution is 0.594. The van der Waals surface area contributed by atoms with Crippen LogP contribution in [0, 0.1) is 0 Å². The van der Waals surface area contributed by atoms with Gasteiger partial charge in [-0.25, -0.2) is 13.4 Å². The van der Waals surface area contributed by atoms with Crippen LogP contribution in [0.2, 0.25) is 0 Å². The Morgan fingerprint density at radius 2 is 1.80 bits per heavy atom. The number of hydrogen-bond acceptors (Lipinski definition) is 4. The van der Waals surface area contributed by atoms with Gasteiger partial charge in [0.15, 0.2) is 0 Å². The highest BCUT2D eigenvalue weighted by Crippen LogP contribution is 2.22. The molecule has 20 heavy (non-hydrogen) atoms. The Balaban J connectivity index is 2.35. The van der Waals surface area contributed by atoms with Gasteiger partial charge in [0, 0.05) is 13.2 Å². The number of rotatable bonds is 4. The lowest BCUT2D eigenvalue weighted by Gasteiger charge is -2.19. The van der Waals surface area contributed by atoms with Gasteiger partial charge < -0.3 is 5.73 Å². The number of anilines is 2. The number of benzene rings is 1. The topological polar surface area (TPSA) is 76.3 Å². The molecule has 0 amide bonds. The highest BCUT2D eigenvalue weighted by atomic mass is 32.2. The third-order valence-corrected chi connectivity index (χ3v) is 4.89. The van der Waals surface area contributed by atoms with Gasteiger partial charge in [0.05, 0.1) is 5.69 Å². The smallest absolute Gasteiger partial charge is 0.265 e. The van der Waals surface area contributed by atoms with Crippen LogP contribution in [-0.2, 0) is 16.4 Å². The number of nitrogens with zero attached hydrogens (tertiary/aromatic N) is 2. The predicted molar refractivity (Wildman–Crippen MR) is 80.1 cm³/mol. The number of sulfonamides is 1. The fraction of sp³-hybridized carbons (Fsp3) is 0.214. The van der Waals surface area contributed by atoms with Gasteiger partial charge >= 0.3 is 0 Å². The standard InChI is InChI=1S/C14H17N3O2S/c1-3-11-4-6-12(7-5-11)17(2)20(18,19)13-8-9-14(15)16-10-13/h4-10H,3H2,1-2H3,(H2,15,16). The number of hydrogen-bond donors (Lipinski definition) is 1. The van der Waals surface area contributed by atoms with Crippen LogP contribution >= 0.6 is 0 Å². The minimum atomic E-state index is -3.61. The highest BCUT2D eigenvalue weighted by Gasteiger charge is 2.21. The van der Waals surface area contributed by atoms with Crippen molar-refractivity contribution >= 4 is 21.5 Å². The normalized spacial score (nSPS) is 11.3. The SMILES string of the molecule is CCc1ccc(N(C)S(=O)(=O)c2ccc(N)nc2)cc1. The zero-order valence-corrected chi connectivity index (χ0v) is 12.3. The van der Waals surface area contributed by atoms with Crippen molar-refractivity contribution in [1.82, 2.24) is 4.98 Å². The molecule has 0 aliphatic rings. The first kappa shape index (κ1) is 14.3. The van der Waals surface area contributed by atoms with E-state index in [9.17, 15) is 8.42 Å². The Morgan fingerprint density at radius 1 is 1.15 bits per heavy atom. The molecule has 0 aliphatic carbocycles. The molecule has 6 heteroatoms. The first-order valence-electron chi connectivity index (χ1n) is 6.24. The van der Waals surface area contributed by atoms with E-state index in [-0.39, 0.29) is 4.90 Å². The summed E-state index contributed by atoms with van der Waals surface area (Å²) >= 11 is 0. The van der Waals surface area contributed by atoms with Gasteiger partial charge in [0.25, 0.3) is 10.0 Å². The summed E-state index contributed by atoms with van der Waals surface area (Å²) in [5.74, 6) is 0.291. The highest BCUT2D eigenvalue weighted by molar-refractivity contribution is 7.92. The molecule has 2 aromatic rings. The summed E-state index contributed by atoms with van der Waals surface area (Å²) < 4.78 is 26.1. The largest absolute Gasteiger partial charge is 0.384 e. The van der Waals surface area contributed by atoms with Gasteiger partial charge in [0.2, 0.25) is 0 Å². The minimum absolute atomic E-state index is 0.119. The zero-order chi connectivity index (χ0) is 14.8. The van der Waals surface area contributed by atoms with E-state index in [0.717, 1.165) is 12.0 Å². The zero-order valence-electron chi connectivity index (χ0n) is 11.4. The average molecular weight is 291 g/mol. The number of nitrogen functional groups attached to an aromatic ring is 1. The van der Waals surface area contributed by atoms with Crippen molar-refractivity contribution in [2.45, 2.75) is 18.2 Å². The summed E-state index contributed by atoms with van der Waals surface area (Å²) in [5, 5.41) is 0. The fourth-order valence-corrected chi connectivity index (χ4v) is 2.92. The first-order chi connectivity index (χ1) is 9.45. The Labute approximate surface area is 119 Å². The van der Waals surface area contributed by atoms with E-state index in [1.165, 1.54) is 29.7 Å². The lowest BCUT2D eigenvalue weighted by Crippen LogP contribution is -2.26. The van der Waals surface area contributed by atoms with E-state index in [4.69, 9.17) is 5.73 Å². The molecule has 0 unspecified atom stereocenters. The van der Waals surface area contributed by atoms with E-state index in [1.54, 1.807) is 12.1 Å². The average Bonchev–Trinajstić information content (AvgIpc) is 2.47. The molecule has 5 nitrogen and oxygen atoms in total. The molecule has 1 heterocycles. The summed E-state index contributed by atoms with van der Waals surface area (Å²) in [6, 6.07) is 10.4. The van der Waals surface area contributed by atoms with Crippen molar-refractivity contribution in [1.29, 1.82) is 0 Å². The molecule has 2 N–H and O–H groups in total. The maximum Gasteiger partial charge on any atom is 0.265 e. The number of aryl methyl sites for hydroxylation is 1. The first-order valence-corrected chi connectivity index (χ1v) is 7.68. The second kappa shape index (κ2) is 5.50. The van der Waals surface area contributed by atoms with Crippen LogP contribution in [0.1, 0.15) is 12.5 Å². The van der Waals surface area contributed by atoms with Crippen LogP contribution in [0.5, 0.6) is 0 Å². The van der Waals surface area contributed by atoms with Crippen molar-refractivity contribution < 1.29 is 8.42 Å².